The fourth-order valence-corrected chi connectivity index (χ4v) is 9.27. The largest absolute Gasteiger partial charge is 0.264 e. The van der Waals surface area contributed by atoms with Crippen molar-refractivity contribution >= 4 is 53.9 Å². The maximum Gasteiger partial charge on any atom is 0.160 e. The Morgan fingerprint density at radius 1 is 0.274 bits per heavy atom. The zero-order valence-electron chi connectivity index (χ0n) is 33.7. The lowest BCUT2D eigenvalue weighted by Crippen LogP contribution is -1.96. The molecule has 0 amide bonds. The minimum absolute atomic E-state index is 0.679. The van der Waals surface area contributed by atoms with Gasteiger partial charge in [0.2, 0.25) is 0 Å². The Hall–Kier alpha value is -8.27. The van der Waals surface area contributed by atoms with Crippen LogP contribution in [0, 0.1) is 0 Å². The first-order valence-corrected chi connectivity index (χ1v) is 21.1. The molecule has 2 heterocycles. The fraction of sp³-hybridized carbons (Fsp3) is 0. The zero-order valence-corrected chi connectivity index (χ0v) is 33.7. The van der Waals surface area contributed by atoms with Crippen LogP contribution in [0.15, 0.2) is 225 Å². The van der Waals surface area contributed by atoms with Crippen molar-refractivity contribution in [2.24, 2.45) is 0 Å². The number of hydrogen-bond donors (Lipinski definition) is 0. The first-order chi connectivity index (χ1) is 30.7. The van der Waals surface area contributed by atoms with Crippen LogP contribution < -0.4 is 0 Å². The average Bonchev–Trinajstić information content (AvgIpc) is 3.36. The number of benzene rings is 10. The van der Waals surface area contributed by atoms with Crippen molar-refractivity contribution in [1.29, 1.82) is 0 Å². The minimum atomic E-state index is 0.679. The number of hydrogen-bond acceptors (Lipinski definition) is 3. The van der Waals surface area contributed by atoms with Crippen LogP contribution in [0.25, 0.3) is 121 Å². The molecule has 2 aromatic heterocycles. The highest BCUT2D eigenvalue weighted by molar-refractivity contribution is 6.33. The van der Waals surface area contributed by atoms with Gasteiger partial charge < -0.3 is 0 Å². The third-order valence-electron chi connectivity index (χ3n) is 12.3. The number of nitrogens with zero attached hydrogens (tertiary/aromatic N) is 3. The van der Waals surface area contributed by atoms with E-state index in [0.29, 0.717) is 5.82 Å². The summed E-state index contributed by atoms with van der Waals surface area (Å²) in [6.45, 7) is 0. The summed E-state index contributed by atoms with van der Waals surface area (Å²) < 4.78 is 0. The van der Waals surface area contributed by atoms with Gasteiger partial charge in [-0.25, -0.2) is 9.97 Å². The van der Waals surface area contributed by atoms with E-state index < -0.39 is 0 Å². The summed E-state index contributed by atoms with van der Waals surface area (Å²) in [4.78, 5) is 14.9. The van der Waals surface area contributed by atoms with Gasteiger partial charge in [0, 0.05) is 34.6 Å². The summed E-state index contributed by atoms with van der Waals surface area (Å²) in [6, 6.07) is 76.2. The second-order valence-corrected chi connectivity index (χ2v) is 16.0. The number of fused-ring (bicyclic) bond motifs is 9. The Kier molecular flexibility index (Phi) is 8.50. The second kappa shape index (κ2) is 14.8. The van der Waals surface area contributed by atoms with Gasteiger partial charge in [0.05, 0.1) is 11.4 Å². The smallest absolute Gasteiger partial charge is 0.160 e. The fourth-order valence-electron chi connectivity index (χ4n) is 9.27. The normalized spacial score (nSPS) is 11.5. The molecular formula is C59H37N3. The van der Waals surface area contributed by atoms with Gasteiger partial charge in [0.15, 0.2) is 5.82 Å². The monoisotopic (exact) mass is 787 g/mol. The standard InChI is InChI=1S/C59H37N3/c1-2-12-43-33-45(31-24-38(43)11-1)39-22-29-42(30-23-39)59-61-56(36-57(62-59)46-14-9-13-44(34-46)47-15-10-32-60-37-47)41-27-25-40(26-28-41)54-35-55-50-18-4-3-16-48(50)49-17-5-7-20-52(49)58(55)53-21-8-6-19-51(53)54/h1-37H. The molecule has 10 aromatic carbocycles. The molecule has 0 aliphatic heterocycles. The van der Waals surface area contributed by atoms with E-state index in [1.165, 1.54) is 65.0 Å². The van der Waals surface area contributed by atoms with Gasteiger partial charge in [0.25, 0.3) is 0 Å². The van der Waals surface area contributed by atoms with Crippen molar-refractivity contribution in [3.8, 4) is 67.3 Å². The van der Waals surface area contributed by atoms with Crippen LogP contribution >= 0.6 is 0 Å². The average molecular weight is 788 g/mol. The van der Waals surface area contributed by atoms with Crippen molar-refractivity contribution in [2.45, 2.75) is 0 Å². The predicted molar refractivity (Wildman–Crippen MR) is 260 cm³/mol. The van der Waals surface area contributed by atoms with Crippen LogP contribution in [-0.4, -0.2) is 15.0 Å². The van der Waals surface area contributed by atoms with E-state index in [2.05, 4.69) is 211 Å². The lowest BCUT2D eigenvalue weighted by Gasteiger charge is -2.16. The topological polar surface area (TPSA) is 38.7 Å². The highest BCUT2D eigenvalue weighted by atomic mass is 14.9. The number of rotatable bonds is 6. The molecule has 0 aliphatic rings. The first kappa shape index (κ1) is 35.7. The molecule has 0 radical (unpaired) electrons. The molecule has 3 nitrogen and oxygen atoms in total. The second-order valence-electron chi connectivity index (χ2n) is 16.0. The minimum Gasteiger partial charge on any atom is -0.264 e. The Labute approximate surface area is 359 Å². The summed E-state index contributed by atoms with van der Waals surface area (Å²) >= 11 is 0. The van der Waals surface area contributed by atoms with Gasteiger partial charge in [-0.2, -0.15) is 0 Å². The predicted octanol–water partition coefficient (Wildman–Crippen LogP) is 15.6. The van der Waals surface area contributed by atoms with E-state index in [-0.39, 0.29) is 0 Å². The maximum atomic E-state index is 5.26. The molecule has 0 saturated carbocycles. The molecule has 0 aliphatic carbocycles. The molecule has 0 saturated heterocycles. The van der Waals surface area contributed by atoms with Crippen molar-refractivity contribution < 1.29 is 0 Å². The molecule has 0 N–H and O–H groups in total. The van der Waals surface area contributed by atoms with E-state index in [1.807, 2.05) is 12.3 Å². The van der Waals surface area contributed by atoms with Gasteiger partial charge in [-0.1, -0.05) is 182 Å². The van der Waals surface area contributed by atoms with Crippen LogP contribution in [0.2, 0.25) is 0 Å². The molecule has 0 spiro atoms. The Morgan fingerprint density at radius 2 is 0.806 bits per heavy atom. The number of pyridine rings is 1. The van der Waals surface area contributed by atoms with Crippen molar-refractivity contribution in [3.63, 3.8) is 0 Å². The summed E-state index contributed by atoms with van der Waals surface area (Å²) in [5, 5.41) is 12.6. The molecule has 62 heavy (non-hydrogen) atoms. The molecule has 12 rings (SSSR count). The van der Waals surface area contributed by atoms with E-state index in [4.69, 9.17) is 9.97 Å². The van der Waals surface area contributed by atoms with Gasteiger partial charge in [0.1, 0.15) is 0 Å². The van der Waals surface area contributed by atoms with E-state index in [9.17, 15) is 0 Å². The Balaban J connectivity index is 0.982. The van der Waals surface area contributed by atoms with Crippen molar-refractivity contribution in [2.75, 3.05) is 0 Å². The summed E-state index contributed by atoms with van der Waals surface area (Å²) in [7, 11) is 0. The summed E-state index contributed by atoms with van der Waals surface area (Å²) in [6.07, 6.45) is 3.71. The number of aromatic nitrogens is 3. The third kappa shape index (κ3) is 6.18. The quantitative estimate of drug-likeness (QED) is 0.158. The summed E-state index contributed by atoms with van der Waals surface area (Å²) in [5.74, 6) is 0.679. The van der Waals surface area contributed by atoms with Gasteiger partial charge >= 0.3 is 0 Å². The lowest BCUT2D eigenvalue weighted by atomic mass is 9.87. The molecule has 288 valence electrons. The van der Waals surface area contributed by atoms with Crippen LogP contribution in [0.4, 0.5) is 0 Å². The highest BCUT2D eigenvalue weighted by Crippen LogP contribution is 2.43. The lowest BCUT2D eigenvalue weighted by molar-refractivity contribution is 1.18. The molecule has 0 unspecified atom stereocenters. The Bertz CT molecular complexity index is 3670. The molecule has 12 aromatic rings. The van der Waals surface area contributed by atoms with Crippen molar-refractivity contribution in [3.05, 3.63) is 225 Å². The van der Waals surface area contributed by atoms with Gasteiger partial charge in [-0.15, -0.1) is 0 Å². The van der Waals surface area contributed by atoms with Crippen LogP contribution in [0.1, 0.15) is 0 Å². The van der Waals surface area contributed by atoms with Crippen LogP contribution in [0.5, 0.6) is 0 Å². The molecule has 3 heteroatoms. The molecular weight excluding hydrogens is 751 g/mol. The van der Waals surface area contributed by atoms with E-state index in [1.54, 1.807) is 6.20 Å². The summed E-state index contributed by atoms with van der Waals surface area (Å²) in [5.41, 5.74) is 11.6. The third-order valence-corrected chi connectivity index (χ3v) is 12.3. The highest BCUT2D eigenvalue weighted by Gasteiger charge is 2.17. The van der Waals surface area contributed by atoms with Crippen LogP contribution in [-0.2, 0) is 0 Å². The molecule has 0 atom stereocenters. The maximum absolute atomic E-state index is 5.26. The SMILES string of the molecule is c1cncc(-c2cccc(-c3cc(-c4ccc(-c5cc6c7ccccc7c7ccccc7c6c6ccccc56)cc4)nc(-c4ccc(-c5ccc6ccccc6c5)cc4)n3)c2)c1. The van der Waals surface area contributed by atoms with Gasteiger partial charge in [-0.3, -0.25) is 4.98 Å². The molecule has 0 bridgehead atoms. The molecule has 0 fully saturated rings. The van der Waals surface area contributed by atoms with E-state index >= 15 is 0 Å². The Morgan fingerprint density at radius 3 is 1.55 bits per heavy atom. The first-order valence-electron chi connectivity index (χ1n) is 21.1. The van der Waals surface area contributed by atoms with Gasteiger partial charge in [-0.05, 0) is 112 Å². The van der Waals surface area contributed by atoms with Crippen LogP contribution in [0.3, 0.4) is 0 Å². The zero-order chi connectivity index (χ0) is 41.0. The van der Waals surface area contributed by atoms with Crippen molar-refractivity contribution in [1.82, 2.24) is 15.0 Å². The van der Waals surface area contributed by atoms with E-state index in [0.717, 1.165) is 50.3 Å².